The van der Waals surface area contributed by atoms with E-state index in [-0.39, 0.29) is 29.9 Å². The molecule has 1 N–H and O–H groups in total. The van der Waals surface area contributed by atoms with Crippen molar-refractivity contribution in [3.8, 4) is 0 Å². The highest BCUT2D eigenvalue weighted by atomic mass is 16.5. The highest BCUT2D eigenvalue weighted by molar-refractivity contribution is 5.87. The Kier molecular flexibility index (Phi) is 6.50. The number of hydrogen-bond donors (Lipinski definition) is 1. The predicted octanol–water partition coefficient (Wildman–Crippen LogP) is 2.38. The summed E-state index contributed by atoms with van der Waals surface area (Å²) in [6.45, 7) is 3.22. The third-order valence-electron chi connectivity index (χ3n) is 9.54. The van der Waals surface area contributed by atoms with Gasteiger partial charge in [0.1, 0.15) is 18.8 Å². The number of nitrogens with one attached hydrogen (secondary N) is 1. The molecular formula is C24H35NO7. The van der Waals surface area contributed by atoms with E-state index in [1.165, 1.54) is 7.11 Å². The van der Waals surface area contributed by atoms with E-state index in [4.69, 9.17) is 9.47 Å². The Morgan fingerprint density at radius 3 is 2.50 bits per heavy atom. The van der Waals surface area contributed by atoms with Crippen LogP contribution in [0.25, 0.3) is 0 Å². The van der Waals surface area contributed by atoms with Gasteiger partial charge in [0.2, 0.25) is 5.91 Å². The molecule has 0 saturated heterocycles. The van der Waals surface area contributed by atoms with E-state index in [0.29, 0.717) is 43.5 Å². The summed E-state index contributed by atoms with van der Waals surface area (Å²) in [5.41, 5.74) is -0.704. The Morgan fingerprint density at radius 1 is 1.00 bits per heavy atom. The minimum absolute atomic E-state index is 0.0117. The Morgan fingerprint density at radius 2 is 1.78 bits per heavy atom. The van der Waals surface area contributed by atoms with Crippen molar-refractivity contribution in [3.63, 3.8) is 0 Å². The molecule has 0 aromatic heterocycles. The quantitative estimate of drug-likeness (QED) is 0.361. The van der Waals surface area contributed by atoms with Crippen LogP contribution in [0.2, 0.25) is 0 Å². The van der Waals surface area contributed by atoms with E-state index in [1.54, 1.807) is 0 Å². The number of methoxy groups -OCH3 is 1. The van der Waals surface area contributed by atoms with Crippen LogP contribution in [-0.2, 0) is 33.4 Å². The van der Waals surface area contributed by atoms with Crippen molar-refractivity contribution >= 4 is 24.8 Å². The van der Waals surface area contributed by atoms with Crippen molar-refractivity contribution in [2.45, 2.75) is 76.9 Å². The maximum Gasteiger partial charge on any atom is 0.325 e. The second kappa shape index (κ2) is 9.02. The lowest BCUT2D eigenvalue weighted by Gasteiger charge is -2.61. The molecule has 1 amide bonds. The summed E-state index contributed by atoms with van der Waals surface area (Å²) >= 11 is 0. The topological polar surface area (TPSA) is 108 Å². The Hall–Kier alpha value is -2.12. The molecule has 178 valence electrons. The van der Waals surface area contributed by atoms with Crippen molar-refractivity contribution < 1.29 is 33.4 Å². The van der Waals surface area contributed by atoms with Crippen LogP contribution in [0, 0.1) is 34.5 Å². The molecule has 0 radical (unpaired) electrons. The number of rotatable bonds is 7. The molecule has 0 heterocycles. The minimum Gasteiger partial charge on any atom is -0.468 e. The van der Waals surface area contributed by atoms with E-state index in [9.17, 15) is 19.2 Å². The SMILES string of the molecule is COC(=O)CNC(=O)[C@@]12CCCC1C1CCC3C[C@H](OC=O)CC[C@]3(C)C1C[C@@H]2OC=O. The molecular weight excluding hydrogens is 414 g/mol. The van der Waals surface area contributed by atoms with Crippen molar-refractivity contribution in [3.05, 3.63) is 0 Å². The van der Waals surface area contributed by atoms with Crippen LogP contribution in [0.5, 0.6) is 0 Å². The van der Waals surface area contributed by atoms with Gasteiger partial charge in [-0.25, -0.2) is 0 Å². The Balaban J connectivity index is 1.61. The van der Waals surface area contributed by atoms with Crippen LogP contribution in [0.15, 0.2) is 0 Å². The van der Waals surface area contributed by atoms with Gasteiger partial charge in [-0.15, -0.1) is 0 Å². The molecule has 4 unspecified atom stereocenters. The van der Waals surface area contributed by atoms with E-state index >= 15 is 0 Å². The summed E-state index contributed by atoms with van der Waals surface area (Å²) in [5.74, 6) is 0.650. The third kappa shape index (κ3) is 3.59. The van der Waals surface area contributed by atoms with Gasteiger partial charge in [-0.2, -0.15) is 0 Å². The summed E-state index contributed by atoms with van der Waals surface area (Å²) in [4.78, 5) is 47.5. The van der Waals surface area contributed by atoms with Gasteiger partial charge in [0.25, 0.3) is 12.9 Å². The molecule has 4 aliphatic carbocycles. The number of esters is 1. The standard InChI is InChI=1S/C24H35NO7/c1-23-9-7-16(31-13-26)10-15(23)5-6-17-18-4-3-8-24(18,20(32-14-27)11-19(17)23)22(29)25-12-21(28)30-2/h13-20H,3-12H2,1-2H3,(H,25,29)/t15?,16-,17?,18?,19?,20+,23+,24+/m1/s1. The molecule has 4 fully saturated rings. The van der Waals surface area contributed by atoms with Crippen molar-refractivity contribution in [2.24, 2.45) is 34.5 Å². The highest BCUT2D eigenvalue weighted by Gasteiger charge is 2.66. The monoisotopic (exact) mass is 449 g/mol. The van der Waals surface area contributed by atoms with Gasteiger partial charge in [-0.05, 0) is 80.5 Å². The Bertz CT molecular complexity index is 757. The number of amides is 1. The number of ether oxygens (including phenoxy) is 3. The highest BCUT2D eigenvalue weighted by Crippen LogP contribution is 2.66. The lowest BCUT2D eigenvalue weighted by Crippen LogP contribution is -2.62. The fourth-order valence-corrected chi connectivity index (χ4v) is 8.08. The van der Waals surface area contributed by atoms with Crippen LogP contribution in [-0.4, -0.2) is 50.7 Å². The van der Waals surface area contributed by atoms with Gasteiger partial charge in [-0.3, -0.25) is 19.2 Å². The number of hydrogen-bond acceptors (Lipinski definition) is 7. The summed E-state index contributed by atoms with van der Waals surface area (Å²) in [5, 5.41) is 2.78. The smallest absolute Gasteiger partial charge is 0.325 e. The average Bonchev–Trinajstić information content (AvgIpc) is 3.25. The van der Waals surface area contributed by atoms with Gasteiger partial charge >= 0.3 is 5.97 Å². The average molecular weight is 450 g/mol. The maximum atomic E-state index is 13.5. The van der Waals surface area contributed by atoms with Crippen molar-refractivity contribution in [2.75, 3.05) is 13.7 Å². The van der Waals surface area contributed by atoms with Crippen LogP contribution < -0.4 is 5.32 Å². The number of carbonyl (C=O) groups is 4. The predicted molar refractivity (Wildman–Crippen MR) is 113 cm³/mol. The zero-order valence-corrected chi connectivity index (χ0v) is 19.0. The van der Waals surface area contributed by atoms with Gasteiger partial charge in [-0.1, -0.05) is 13.3 Å². The van der Waals surface area contributed by atoms with Gasteiger partial charge < -0.3 is 19.5 Å². The molecule has 0 spiro atoms. The van der Waals surface area contributed by atoms with Crippen LogP contribution in [0.4, 0.5) is 0 Å². The maximum absolute atomic E-state index is 13.5. The van der Waals surface area contributed by atoms with E-state index in [1.807, 2.05) is 0 Å². The van der Waals surface area contributed by atoms with E-state index in [0.717, 1.165) is 44.9 Å². The van der Waals surface area contributed by atoms with Gasteiger partial charge in [0, 0.05) is 0 Å². The second-order valence-electron chi connectivity index (χ2n) is 10.4. The fraction of sp³-hybridized carbons (Fsp3) is 0.833. The molecule has 0 aliphatic heterocycles. The first-order valence-corrected chi connectivity index (χ1v) is 11.9. The normalized spacial score (nSPS) is 42.4. The first kappa shape index (κ1) is 23.1. The third-order valence-corrected chi connectivity index (χ3v) is 9.54. The molecule has 32 heavy (non-hydrogen) atoms. The molecule has 8 nitrogen and oxygen atoms in total. The largest absolute Gasteiger partial charge is 0.468 e. The van der Waals surface area contributed by atoms with Gasteiger partial charge in [0.05, 0.1) is 12.5 Å². The molecule has 4 saturated carbocycles. The summed E-state index contributed by atoms with van der Waals surface area (Å²) in [6, 6.07) is 0. The fourth-order valence-electron chi connectivity index (χ4n) is 8.08. The molecule has 0 aromatic carbocycles. The summed E-state index contributed by atoms with van der Waals surface area (Å²) in [7, 11) is 1.29. The Labute approximate surface area is 189 Å². The second-order valence-corrected chi connectivity index (χ2v) is 10.4. The number of carbonyl (C=O) groups excluding carboxylic acids is 4. The molecule has 0 bridgehead atoms. The zero-order chi connectivity index (χ0) is 22.9. The molecule has 8 heteroatoms. The van der Waals surface area contributed by atoms with Crippen LogP contribution >= 0.6 is 0 Å². The van der Waals surface area contributed by atoms with Crippen LogP contribution in [0.1, 0.15) is 64.7 Å². The molecule has 0 aromatic rings. The first-order chi connectivity index (χ1) is 15.4. The lowest BCUT2D eigenvalue weighted by molar-refractivity contribution is -0.189. The van der Waals surface area contributed by atoms with E-state index in [2.05, 4.69) is 17.0 Å². The minimum atomic E-state index is -0.781. The van der Waals surface area contributed by atoms with Crippen LogP contribution in [0.3, 0.4) is 0 Å². The summed E-state index contributed by atoms with van der Waals surface area (Å²) < 4.78 is 15.6. The van der Waals surface area contributed by atoms with Crippen molar-refractivity contribution in [1.29, 1.82) is 0 Å². The van der Waals surface area contributed by atoms with Gasteiger partial charge in [0.15, 0.2) is 0 Å². The molecule has 4 aliphatic rings. The lowest BCUT2D eigenvalue weighted by atomic mass is 9.44. The van der Waals surface area contributed by atoms with E-state index < -0.39 is 17.5 Å². The first-order valence-electron chi connectivity index (χ1n) is 11.9. The zero-order valence-electron chi connectivity index (χ0n) is 19.0. The molecule has 4 rings (SSSR count). The number of fused-ring (bicyclic) bond motifs is 5. The molecule has 8 atom stereocenters. The summed E-state index contributed by atoms with van der Waals surface area (Å²) in [6.07, 6.45) is 7.47. The van der Waals surface area contributed by atoms with Crippen molar-refractivity contribution in [1.82, 2.24) is 5.32 Å².